The van der Waals surface area contributed by atoms with Gasteiger partial charge in [0.1, 0.15) is 0 Å². The van der Waals surface area contributed by atoms with Gasteiger partial charge in [0, 0.05) is 0 Å². The molecule has 1 N–H and O–H groups in total. The second-order valence-corrected chi connectivity index (χ2v) is 5.03. The zero-order valence-electron chi connectivity index (χ0n) is 12.0. The van der Waals surface area contributed by atoms with Gasteiger partial charge < -0.3 is 19.3 Å². The predicted molar refractivity (Wildman–Crippen MR) is 73.8 cm³/mol. The molecule has 20 heavy (non-hydrogen) atoms. The molecule has 1 saturated carbocycles. The van der Waals surface area contributed by atoms with E-state index in [1.54, 1.807) is 12.1 Å². The summed E-state index contributed by atoms with van der Waals surface area (Å²) in [6.07, 6.45) is 2.90. The van der Waals surface area contributed by atoms with Crippen LogP contribution in [0.1, 0.15) is 30.7 Å². The third-order valence-corrected chi connectivity index (χ3v) is 3.65. The average molecular weight is 280 g/mol. The second kappa shape index (κ2) is 6.03. The van der Waals surface area contributed by atoms with Crippen molar-refractivity contribution in [1.29, 1.82) is 0 Å². The molecule has 1 fully saturated rings. The Kier molecular flexibility index (Phi) is 4.37. The maximum absolute atomic E-state index is 11.5. The van der Waals surface area contributed by atoms with Gasteiger partial charge in [0.25, 0.3) is 0 Å². The van der Waals surface area contributed by atoms with Crippen molar-refractivity contribution in [2.75, 3.05) is 21.3 Å². The number of carbonyl (C=O) groups is 1. The van der Waals surface area contributed by atoms with Crippen molar-refractivity contribution < 1.29 is 24.1 Å². The molecule has 0 radical (unpaired) electrons. The Morgan fingerprint density at radius 3 is 2.10 bits per heavy atom. The zero-order valence-corrected chi connectivity index (χ0v) is 12.0. The molecule has 110 valence electrons. The molecule has 5 heteroatoms. The van der Waals surface area contributed by atoms with Gasteiger partial charge in [-0.2, -0.15) is 0 Å². The van der Waals surface area contributed by atoms with E-state index in [-0.39, 0.29) is 0 Å². The molecule has 1 aromatic rings. The zero-order chi connectivity index (χ0) is 14.7. The Labute approximate surface area is 118 Å². The quantitative estimate of drug-likeness (QED) is 0.832. The number of rotatable bonds is 7. The van der Waals surface area contributed by atoms with Gasteiger partial charge in [0.05, 0.1) is 27.2 Å². The highest BCUT2D eigenvalue weighted by molar-refractivity contribution is 5.77. The molecule has 5 nitrogen and oxygen atoms in total. The minimum absolute atomic E-state index is 0.481. The molecule has 1 aliphatic rings. The topological polar surface area (TPSA) is 65.0 Å². The van der Waals surface area contributed by atoms with Crippen molar-refractivity contribution in [3.8, 4) is 17.2 Å². The van der Waals surface area contributed by atoms with E-state index in [2.05, 4.69) is 0 Å². The van der Waals surface area contributed by atoms with Crippen LogP contribution in [0.3, 0.4) is 0 Å². The Hall–Kier alpha value is -1.91. The van der Waals surface area contributed by atoms with E-state index >= 15 is 0 Å². The Morgan fingerprint density at radius 2 is 1.75 bits per heavy atom. The largest absolute Gasteiger partial charge is 0.493 e. The third kappa shape index (κ3) is 2.98. The van der Waals surface area contributed by atoms with E-state index in [9.17, 15) is 9.90 Å². The highest BCUT2D eigenvalue weighted by atomic mass is 16.5. The molecule has 1 atom stereocenters. The number of carboxylic acids is 1. The minimum Gasteiger partial charge on any atom is -0.493 e. The van der Waals surface area contributed by atoms with E-state index in [0.717, 1.165) is 12.8 Å². The van der Waals surface area contributed by atoms with Crippen molar-refractivity contribution in [2.24, 2.45) is 5.92 Å². The first-order valence-corrected chi connectivity index (χ1v) is 6.63. The normalized spacial score (nSPS) is 15.6. The number of hydrogen-bond acceptors (Lipinski definition) is 4. The van der Waals surface area contributed by atoms with Crippen LogP contribution in [-0.4, -0.2) is 32.4 Å². The fraction of sp³-hybridized carbons (Fsp3) is 0.533. The lowest BCUT2D eigenvalue weighted by Gasteiger charge is -2.17. The lowest BCUT2D eigenvalue weighted by Crippen LogP contribution is -2.13. The molecule has 0 spiro atoms. The van der Waals surface area contributed by atoms with Crippen LogP contribution < -0.4 is 14.2 Å². The van der Waals surface area contributed by atoms with Gasteiger partial charge in [-0.1, -0.05) is 12.8 Å². The van der Waals surface area contributed by atoms with E-state index in [1.807, 2.05) is 0 Å². The first kappa shape index (κ1) is 14.5. The number of benzene rings is 1. The minimum atomic E-state index is -0.814. The molecule has 1 aliphatic carbocycles. The lowest BCUT2D eigenvalue weighted by atomic mass is 9.93. The maximum Gasteiger partial charge on any atom is 0.310 e. The van der Waals surface area contributed by atoms with Crippen molar-refractivity contribution >= 4 is 5.97 Å². The molecule has 2 rings (SSSR count). The van der Waals surface area contributed by atoms with Gasteiger partial charge >= 0.3 is 5.97 Å². The molecule has 0 aliphatic heterocycles. The monoisotopic (exact) mass is 280 g/mol. The Balaban J connectivity index is 2.40. The third-order valence-electron chi connectivity index (χ3n) is 3.65. The van der Waals surface area contributed by atoms with Crippen LogP contribution >= 0.6 is 0 Å². The summed E-state index contributed by atoms with van der Waals surface area (Å²) < 4.78 is 15.8. The van der Waals surface area contributed by atoms with Crippen LogP contribution in [0.15, 0.2) is 12.1 Å². The number of aliphatic carboxylic acids is 1. The molecular formula is C15H20O5. The van der Waals surface area contributed by atoms with Crippen LogP contribution in [-0.2, 0) is 4.79 Å². The van der Waals surface area contributed by atoms with Crippen molar-refractivity contribution in [2.45, 2.75) is 25.2 Å². The van der Waals surface area contributed by atoms with E-state index in [1.165, 1.54) is 21.3 Å². The average Bonchev–Trinajstić information content (AvgIpc) is 3.26. The van der Waals surface area contributed by atoms with Crippen LogP contribution in [0, 0.1) is 5.92 Å². The summed E-state index contributed by atoms with van der Waals surface area (Å²) in [6, 6.07) is 3.45. The molecular weight excluding hydrogens is 260 g/mol. The molecule has 0 bridgehead atoms. The number of methoxy groups -OCH3 is 3. The van der Waals surface area contributed by atoms with E-state index in [4.69, 9.17) is 14.2 Å². The van der Waals surface area contributed by atoms with E-state index < -0.39 is 11.9 Å². The molecule has 0 heterocycles. The van der Waals surface area contributed by atoms with Gasteiger partial charge in [-0.15, -0.1) is 0 Å². The maximum atomic E-state index is 11.5. The summed E-state index contributed by atoms with van der Waals surface area (Å²) in [5.74, 6) is 0.639. The van der Waals surface area contributed by atoms with Gasteiger partial charge in [-0.25, -0.2) is 0 Å². The van der Waals surface area contributed by atoms with Gasteiger partial charge in [-0.05, 0) is 30.0 Å². The second-order valence-electron chi connectivity index (χ2n) is 5.03. The smallest absolute Gasteiger partial charge is 0.310 e. The first-order valence-electron chi connectivity index (χ1n) is 6.63. The van der Waals surface area contributed by atoms with Crippen molar-refractivity contribution in [1.82, 2.24) is 0 Å². The van der Waals surface area contributed by atoms with Crippen LogP contribution in [0.25, 0.3) is 0 Å². The number of ether oxygens (including phenoxy) is 3. The predicted octanol–water partition coefficient (Wildman–Crippen LogP) is 2.68. The molecule has 0 amide bonds. The molecule has 1 aromatic carbocycles. The summed E-state index contributed by atoms with van der Waals surface area (Å²) in [5.41, 5.74) is 0.693. The Morgan fingerprint density at radius 1 is 1.20 bits per heavy atom. The SMILES string of the molecule is COc1cc([C@@H](CC2CC2)C(=O)O)cc(OC)c1OC. The summed E-state index contributed by atoms with van der Waals surface area (Å²) in [4.78, 5) is 11.5. The fourth-order valence-electron chi connectivity index (χ4n) is 2.37. The molecule has 0 saturated heterocycles. The highest BCUT2D eigenvalue weighted by Crippen LogP contribution is 2.44. The summed E-state index contributed by atoms with van der Waals surface area (Å²) in [6.45, 7) is 0. The molecule has 0 unspecified atom stereocenters. The van der Waals surface area contributed by atoms with Crippen molar-refractivity contribution in [3.63, 3.8) is 0 Å². The van der Waals surface area contributed by atoms with Crippen molar-refractivity contribution in [3.05, 3.63) is 17.7 Å². The van der Waals surface area contributed by atoms with Gasteiger partial charge in [0.2, 0.25) is 5.75 Å². The number of carboxylic acid groups (broad SMARTS) is 1. The van der Waals surface area contributed by atoms with Crippen LogP contribution in [0.5, 0.6) is 17.2 Å². The van der Waals surface area contributed by atoms with E-state index in [0.29, 0.717) is 35.2 Å². The lowest BCUT2D eigenvalue weighted by molar-refractivity contribution is -0.139. The summed E-state index contributed by atoms with van der Waals surface area (Å²) in [7, 11) is 4.58. The van der Waals surface area contributed by atoms with Gasteiger partial charge in [0.15, 0.2) is 11.5 Å². The highest BCUT2D eigenvalue weighted by Gasteiger charge is 2.31. The fourth-order valence-corrected chi connectivity index (χ4v) is 2.37. The van der Waals surface area contributed by atoms with Gasteiger partial charge in [-0.3, -0.25) is 4.79 Å². The summed E-state index contributed by atoms with van der Waals surface area (Å²) >= 11 is 0. The Bertz CT molecular complexity index is 468. The standard InChI is InChI=1S/C15H20O5/c1-18-12-7-10(8-13(19-2)14(12)20-3)11(15(16)17)6-9-4-5-9/h7-9,11H,4-6H2,1-3H3,(H,16,17)/t11-/m1/s1. The molecule has 0 aromatic heterocycles. The van der Waals surface area contributed by atoms with Crippen LogP contribution in [0.2, 0.25) is 0 Å². The summed E-state index contributed by atoms with van der Waals surface area (Å²) in [5, 5.41) is 9.44. The number of hydrogen-bond donors (Lipinski definition) is 1. The first-order chi connectivity index (χ1) is 9.60. The van der Waals surface area contributed by atoms with Crippen LogP contribution in [0.4, 0.5) is 0 Å².